The van der Waals surface area contributed by atoms with Crippen LogP contribution in [0.4, 0.5) is 0 Å². The number of ether oxygens (including phenoxy) is 1. The fourth-order valence-electron chi connectivity index (χ4n) is 2.33. The molecule has 0 saturated carbocycles. The molecular formula is C15H20N2O3. The van der Waals surface area contributed by atoms with E-state index in [-0.39, 0.29) is 17.7 Å². The maximum Gasteiger partial charge on any atom is 0.239 e. The molecule has 1 saturated heterocycles. The van der Waals surface area contributed by atoms with Crippen LogP contribution in [0, 0.1) is 0 Å². The molecule has 1 N–H and O–H groups in total. The van der Waals surface area contributed by atoms with E-state index >= 15 is 0 Å². The number of morpholine rings is 1. The fraction of sp³-hybridized carbons (Fsp3) is 0.467. The number of benzene rings is 1. The van der Waals surface area contributed by atoms with Crippen LogP contribution in [0.3, 0.4) is 0 Å². The molecule has 1 amide bonds. The van der Waals surface area contributed by atoms with Crippen molar-refractivity contribution in [2.45, 2.75) is 12.5 Å². The molecule has 0 aliphatic carbocycles. The quantitative estimate of drug-likeness (QED) is 0.805. The summed E-state index contributed by atoms with van der Waals surface area (Å²) >= 11 is 0. The third-order valence-corrected chi connectivity index (χ3v) is 3.51. The summed E-state index contributed by atoms with van der Waals surface area (Å²) in [4.78, 5) is 25.9. The summed E-state index contributed by atoms with van der Waals surface area (Å²) in [5, 5.41) is 2.64. The highest BCUT2D eigenvalue weighted by Gasteiger charge is 2.28. The van der Waals surface area contributed by atoms with Crippen molar-refractivity contribution in [1.29, 1.82) is 0 Å². The standard InChI is InChI=1S/C15H20N2O3/c1-16-15(19)13-11-20-10-9-17(13)8-7-14(18)12-5-3-2-4-6-12/h2-6,13H,7-11H2,1H3,(H,16,19). The van der Waals surface area contributed by atoms with E-state index in [1.165, 1.54) is 0 Å². The Kier molecular flexibility index (Phi) is 5.26. The van der Waals surface area contributed by atoms with Gasteiger partial charge in [0.05, 0.1) is 13.2 Å². The van der Waals surface area contributed by atoms with Crippen LogP contribution < -0.4 is 5.32 Å². The van der Waals surface area contributed by atoms with Gasteiger partial charge in [-0.1, -0.05) is 30.3 Å². The molecule has 1 unspecified atom stereocenters. The molecule has 0 radical (unpaired) electrons. The molecule has 5 heteroatoms. The molecule has 1 fully saturated rings. The first-order valence-corrected chi connectivity index (χ1v) is 6.84. The first kappa shape index (κ1) is 14.7. The van der Waals surface area contributed by atoms with E-state index < -0.39 is 0 Å². The van der Waals surface area contributed by atoms with Crippen LogP contribution in [-0.4, -0.2) is 56.0 Å². The monoisotopic (exact) mass is 276 g/mol. The summed E-state index contributed by atoms with van der Waals surface area (Å²) in [6, 6.07) is 8.94. The van der Waals surface area contributed by atoms with E-state index in [1.54, 1.807) is 7.05 Å². The van der Waals surface area contributed by atoms with Gasteiger partial charge in [0.1, 0.15) is 6.04 Å². The molecule has 1 aliphatic heterocycles. The average molecular weight is 276 g/mol. The summed E-state index contributed by atoms with van der Waals surface area (Å²) in [6.45, 7) is 2.25. The van der Waals surface area contributed by atoms with Crippen LogP contribution in [-0.2, 0) is 9.53 Å². The van der Waals surface area contributed by atoms with Crippen molar-refractivity contribution in [1.82, 2.24) is 10.2 Å². The number of carbonyl (C=O) groups excluding carboxylic acids is 2. The minimum absolute atomic E-state index is 0.0585. The number of ketones is 1. The second-order valence-electron chi connectivity index (χ2n) is 4.78. The molecule has 1 atom stereocenters. The number of Topliss-reactive ketones (excluding diaryl/α,β-unsaturated/α-hetero) is 1. The Hall–Kier alpha value is -1.72. The highest BCUT2D eigenvalue weighted by Crippen LogP contribution is 2.10. The van der Waals surface area contributed by atoms with Gasteiger partial charge in [0.2, 0.25) is 5.91 Å². The highest BCUT2D eigenvalue weighted by atomic mass is 16.5. The Morgan fingerprint density at radius 1 is 1.35 bits per heavy atom. The van der Waals surface area contributed by atoms with Crippen molar-refractivity contribution in [3.8, 4) is 0 Å². The van der Waals surface area contributed by atoms with E-state index in [2.05, 4.69) is 5.32 Å². The van der Waals surface area contributed by atoms with E-state index in [4.69, 9.17) is 4.74 Å². The number of hydrogen-bond donors (Lipinski definition) is 1. The number of hydrogen-bond acceptors (Lipinski definition) is 4. The first-order valence-electron chi connectivity index (χ1n) is 6.84. The van der Waals surface area contributed by atoms with Crippen molar-refractivity contribution >= 4 is 11.7 Å². The number of carbonyl (C=O) groups is 2. The fourth-order valence-corrected chi connectivity index (χ4v) is 2.33. The third kappa shape index (κ3) is 3.65. The molecule has 1 heterocycles. The third-order valence-electron chi connectivity index (χ3n) is 3.51. The van der Waals surface area contributed by atoms with Gasteiger partial charge >= 0.3 is 0 Å². The Bertz CT molecular complexity index is 461. The normalized spacial score (nSPS) is 19.6. The second kappa shape index (κ2) is 7.17. The largest absolute Gasteiger partial charge is 0.378 e. The molecule has 1 aromatic carbocycles. The Morgan fingerprint density at radius 3 is 2.80 bits per heavy atom. The summed E-state index contributed by atoms with van der Waals surface area (Å²) < 4.78 is 5.34. The Labute approximate surface area is 118 Å². The zero-order valence-electron chi connectivity index (χ0n) is 11.7. The van der Waals surface area contributed by atoms with E-state index in [9.17, 15) is 9.59 Å². The molecular weight excluding hydrogens is 256 g/mol. The molecule has 0 aromatic heterocycles. The van der Waals surface area contributed by atoms with Crippen LogP contribution in [0.2, 0.25) is 0 Å². The van der Waals surface area contributed by atoms with E-state index in [0.717, 1.165) is 5.56 Å². The number of nitrogens with one attached hydrogen (secondary N) is 1. The molecule has 108 valence electrons. The minimum atomic E-state index is -0.294. The molecule has 0 bridgehead atoms. The van der Waals surface area contributed by atoms with Gasteiger partial charge in [-0.3, -0.25) is 14.5 Å². The van der Waals surface area contributed by atoms with Gasteiger partial charge in [-0.05, 0) is 0 Å². The Balaban J connectivity index is 1.91. The maximum absolute atomic E-state index is 12.1. The lowest BCUT2D eigenvalue weighted by Crippen LogP contribution is -2.53. The zero-order valence-corrected chi connectivity index (χ0v) is 11.7. The van der Waals surface area contributed by atoms with Crippen molar-refractivity contribution in [3.63, 3.8) is 0 Å². The highest BCUT2D eigenvalue weighted by molar-refractivity contribution is 5.96. The number of nitrogens with zero attached hydrogens (tertiary/aromatic N) is 1. The molecule has 1 aromatic rings. The van der Waals surface area contributed by atoms with Gasteiger partial charge in [0.15, 0.2) is 5.78 Å². The maximum atomic E-state index is 12.1. The summed E-state index contributed by atoms with van der Waals surface area (Å²) in [7, 11) is 1.62. The van der Waals surface area contributed by atoms with Gasteiger partial charge in [0, 0.05) is 32.1 Å². The molecule has 20 heavy (non-hydrogen) atoms. The van der Waals surface area contributed by atoms with E-state index in [1.807, 2.05) is 35.2 Å². The number of likely N-dealkylation sites (N-methyl/N-ethyl adjacent to an activating group) is 1. The minimum Gasteiger partial charge on any atom is -0.378 e. The molecule has 2 rings (SSSR count). The van der Waals surface area contributed by atoms with Crippen LogP contribution in [0.5, 0.6) is 0 Å². The summed E-state index contributed by atoms with van der Waals surface area (Å²) in [5.41, 5.74) is 0.720. The summed E-state index contributed by atoms with van der Waals surface area (Å²) in [5.74, 6) is 0.0459. The SMILES string of the molecule is CNC(=O)C1COCCN1CCC(=O)c1ccccc1. The Morgan fingerprint density at radius 2 is 2.10 bits per heavy atom. The lowest BCUT2D eigenvalue weighted by atomic mass is 10.1. The van der Waals surface area contributed by atoms with Crippen molar-refractivity contribution < 1.29 is 14.3 Å². The second-order valence-corrected chi connectivity index (χ2v) is 4.78. The van der Waals surface area contributed by atoms with Gasteiger partial charge in [-0.15, -0.1) is 0 Å². The van der Waals surface area contributed by atoms with Crippen molar-refractivity contribution in [3.05, 3.63) is 35.9 Å². The van der Waals surface area contributed by atoms with Crippen molar-refractivity contribution in [2.24, 2.45) is 0 Å². The van der Waals surface area contributed by atoms with Crippen LogP contribution in [0.15, 0.2) is 30.3 Å². The van der Waals surface area contributed by atoms with Crippen LogP contribution in [0.25, 0.3) is 0 Å². The zero-order chi connectivity index (χ0) is 14.4. The van der Waals surface area contributed by atoms with Gasteiger partial charge in [-0.2, -0.15) is 0 Å². The predicted octanol–water partition coefficient (Wildman–Crippen LogP) is 0.706. The molecule has 5 nitrogen and oxygen atoms in total. The average Bonchev–Trinajstić information content (AvgIpc) is 2.53. The number of rotatable bonds is 5. The van der Waals surface area contributed by atoms with Crippen LogP contribution in [0.1, 0.15) is 16.8 Å². The topological polar surface area (TPSA) is 58.6 Å². The van der Waals surface area contributed by atoms with Gasteiger partial charge in [0.25, 0.3) is 0 Å². The predicted molar refractivity (Wildman–Crippen MR) is 75.6 cm³/mol. The van der Waals surface area contributed by atoms with Gasteiger partial charge in [-0.25, -0.2) is 0 Å². The van der Waals surface area contributed by atoms with Crippen LogP contribution >= 0.6 is 0 Å². The van der Waals surface area contributed by atoms with Crippen molar-refractivity contribution in [2.75, 3.05) is 33.4 Å². The first-order chi connectivity index (χ1) is 9.72. The summed E-state index contributed by atoms with van der Waals surface area (Å²) in [6.07, 6.45) is 0.414. The van der Waals surface area contributed by atoms with E-state index in [0.29, 0.717) is 32.7 Å². The smallest absolute Gasteiger partial charge is 0.239 e. The molecule has 0 spiro atoms. The lowest BCUT2D eigenvalue weighted by molar-refractivity contribution is -0.131. The lowest BCUT2D eigenvalue weighted by Gasteiger charge is -2.34. The van der Waals surface area contributed by atoms with Gasteiger partial charge < -0.3 is 10.1 Å². The molecule has 1 aliphatic rings. The number of amides is 1.